The largest absolute Gasteiger partial charge is 0.249 e. The summed E-state index contributed by atoms with van der Waals surface area (Å²) in [6.07, 6.45) is -1.51. The Morgan fingerprint density at radius 1 is 0.636 bits per heavy atom. The van der Waals surface area contributed by atoms with Crippen molar-refractivity contribution in [1.29, 1.82) is 0 Å². The zero-order chi connectivity index (χ0) is 15.6. The van der Waals surface area contributed by atoms with E-state index in [2.05, 4.69) is 9.78 Å². The van der Waals surface area contributed by atoms with E-state index in [4.69, 9.17) is 20.3 Å². The summed E-state index contributed by atoms with van der Waals surface area (Å²) in [5.41, 5.74) is 1.80. The highest BCUT2D eigenvalue weighted by atomic mass is 17.3. The van der Waals surface area contributed by atoms with Crippen molar-refractivity contribution >= 4 is 0 Å². The molecule has 0 bridgehead atoms. The fourth-order valence-electron chi connectivity index (χ4n) is 1.91. The van der Waals surface area contributed by atoms with E-state index in [1.165, 1.54) is 0 Å². The van der Waals surface area contributed by atoms with Crippen molar-refractivity contribution in [2.24, 2.45) is 0 Å². The molecule has 0 aliphatic rings. The molecular weight excluding hydrogens is 288 g/mol. The van der Waals surface area contributed by atoms with Gasteiger partial charge in [-0.05, 0) is 11.1 Å². The lowest BCUT2D eigenvalue weighted by Crippen LogP contribution is -2.25. The highest BCUT2D eigenvalue weighted by Crippen LogP contribution is 2.11. The molecule has 0 saturated carbocycles. The summed E-state index contributed by atoms with van der Waals surface area (Å²) >= 11 is 0. The van der Waals surface area contributed by atoms with Crippen molar-refractivity contribution in [2.45, 2.75) is 25.4 Å². The second-order valence-electron chi connectivity index (χ2n) is 4.64. The Bertz CT molecular complexity index is 469. The molecule has 0 amide bonds. The van der Waals surface area contributed by atoms with Crippen molar-refractivity contribution in [2.75, 3.05) is 0 Å². The first-order valence-corrected chi connectivity index (χ1v) is 6.82. The Balaban J connectivity index is 1.83. The molecule has 2 unspecified atom stereocenters. The molecule has 6 nitrogen and oxygen atoms in total. The van der Waals surface area contributed by atoms with Gasteiger partial charge in [-0.1, -0.05) is 60.7 Å². The average molecular weight is 306 g/mol. The molecule has 2 N–H and O–H groups in total. The van der Waals surface area contributed by atoms with Crippen molar-refractivity contribution < 1.29 is 30.1 Å². The predicted octanol–water partition coefficient (Wildman–Crippen LogP) is 3.05. The first-order chi connectivity index (χ1) is 10.8. The quantitative estimate of drug-likeness (QED) is 0.421. The molecule has 118 valence electrons. The van der Waals surface area contributed by atoms with Crippen LogP contribution in [0.4, 0.5) is 0 Å². The molecule has 0 aliphatic carbocycles. The summed E-state index contributed by atoms with van der Waals surface area (Å²) in [5, 5.41) is 17.7. The van der Waals surface area contributed by atoms with E-state index in [1.54, 1.807) is 0 Å². The van der Waals surface area contributed by atoms with E-state index < -0.39 is 12.6 Å². The maximum Gasteiger partial charge on any atom is 0.228 e. The summed E-state index contributed by atoms with van der Waals surface area (Å²) in [6.45, 7) is 0. The molecule has 2 aromatic rings. The van der Waals surface area contributed by atoms with Gasteiger partial charge in [-0.2, -0.15) is 9.78 Å². The Kier molecular flexibility index (Phi) is 6.98. The lowest BCUT2D eigenvalue weighted by atomic mass is 10.1. The lowest BCUT2D eigenvalue weighted by molar-refractivity contribution is -0.507. The van der Waals surface area contributed by atoms with E-state index in [0.717, 1.165) is 11.1 Å². The molecule has 0 radical (unpaired) electrons. The van der Waals surface area contributed by atoms with Crippen LogP contribution in [0.5, 0.6) is 0 Å². The van der Waals surface area contributed by atoms with Crippen molar-refractivity contribution in [3.05, 3.63) is 71.8 Å². The zero-order valence-electron chi connectivity index (χ0n) is 11.9. The summed E-state index contributed by atoms with van der Waals surface area (Å²) in [4.78, 5) is 18.4. The minimum atomic E-state index is -1.03. The Hall–Kier alpha value is -1.80. The first kappa shape index (κ1) is 16.6. The monoisotopic (exact) mass is 306 g/mol. The summed E-state index contributed by atoms with van der Waals surface area (Å²) in [7, 11) is 0. The van der Waals surface area contributed by atoms with Gasteiger partial charge in [0.15, 0.2) is 0 Å². The minimum Gasteiger partial charge on any atom is -0.249 e. The van der Waals surface area contributed by atoms with Crippen molar-refractivity contribution in [3.8, 4) is 0 Å². The molecule has 0 spiro atoms. The second kappa shape index (κ2) is 9.26. The minimum absolute atomic E-state index is 0.279. The van der Waals surface area contributed by atoms with Crippen LogP contribution in [-0.4, -0.2) is 23.1 Å². The van der Waals surface area contributed by atoms with Gasteiger partial charge in [0.05, 0.1) is 0 Å². The summed E-state index contributed by atoms with van der Waals surface area (Å²) < 4.78 is 0. The van der Waals surface area contributed by atoms with Gasteiger partial charge in [0, 0.05) is 12.8 Å². The van der Waals surface area contributed by atoms with Crippen LogP contribution < -0.4 is 0 Å². The van der Waals surface area contributed by atoms with Gasteiger partial charge in [0.2, 0.25) is 12.6 Å². The van der Waals surface area contributed by atoms with Crippen LogP contribution in [0.25, 0.3) is 0 Å². The zero-order valence-corrected chi connectivity index (χ0v) is 11.9. The van der Waals surface area contributed by atoms with Crippen LogP contribution in [0.1, 0.15) is 11.1 Å². The molecular formula is C16H18O6. The van der Waals surface area contributed by atoms with Gasteiger partial charge < -0.3 is 0 Å². The Morgan fingerprint density at radius 2 is 1.00 bits per heavy atom. The van der Waals surface area contributed by atoms with Gasteiger partial charge in [-0.3, -0.25) is 0 Å². The van der Waals surface area contributed by atoms with E-state index in [-0.39, 0.29) is 12.8 Å². The average Bonchev–Trinajstić information content (AvgIpc) is 2.59. The second-order valence-corrected chi connectivity index (χ2v) is 4.64. The number of hydrogen-bond donors (Lipinski definition) is 2. The molecule has 0 fully saturated rings. The van der Waals surface area contributed by atoms with E-state index in [0.29, 0.717) is 0 Å². The van der Waals surface area contributed by atoms with Crippen LogP contribution in [0, 0.1) is 0 Å². The van der Waals surface area contributed by atoms with Gasteiger partial charge >= 0.3 is 0 Å². The molecule has 0 saturated heterocycles. The maximum atomic E-state index is 8.85. The molecule has 0 aliphatic heterocycles. The standard InChI is InChI=1S/C16H18O6/c17-19-15(11-13-7-3-1-4-8-13)21-22-16(20-18)12-14-9-5-2-6-10-14/h1-10,15-18H,11-12H2. The van der Waals surface area contributed by atoms with Crippen molar-refractivity contribution in [1.82, 2.24) is 0 Å². The molecule has 6 heteroatoms. The Labute approximate surface area is 128 Å². The highest BCUT2D eigenvalue weighted by Gasteiger charge is 2.17. The molecule has 22 heavy (non-hydrogen) atoms. The van der Waals surface area contributed by atoms with Crippen LogP contribution in [0.2, 0.25) is 0 Å². The number of hydrogen-bond acceptors (Lipinski definition) is 6. The van der Waals surface area contributed by atoms with Gasteiger partial charge in [0.1, 0.15) is 0 Å². The Morgan fingerprint density at radius 3 is 1.32 bits per heavy atom. The smallest absolute Gasteiger partial charge is 0.228 e. The third kappa shape index (κ3) is 5.53. The third-order valence-corrected chi connectivity index (χ3v) is 3.00. The third-order valence-electron chi connectivity index (χ3n) is 3.00. The first-order valence-electron chi connectivity index (χ1n) is 6.82. The van der Waals surface area contributed by atoms with E-state index >= 15 is 0 Å². The van der Waals surface area contributed by atoms with Crippen molar-refractivity contribution in [3.63, 3.8) is 0 Å². The number of benzene rings is 2. The van der Waals surface area contributed by atoms with E-state index in [1.807, 2.05) is 60.7 Å². The molecule has 2 rings (SSSR count). The fraction of sp³-hybridized carbons (Fsp3) is 0.250. The molecule has 2 aromatic carbocycles. The van der Waals surface area contributed by atoms with Gasteiger partial charge in [0.25, 0.3) is 0 Å². The maximum absolute atomic E-state index is 8.85. The molecule has 0 heterocycles. The van der Waals surface area contributed by atoms with Crippen LogP contribution in [-0.2, 0) is 32.4 Å². The normalized spacial score (nSPS) is 13.7. The number of rotatable bonds is 9. The van der Waals surface area contributed by atoms with Crippen LogP contribution in [0.15, 0.2) is 60.7 Å². The van der Waals surface area contributed by atoms with Gasteiger partial charge in [-0.15, -0.1) is 0 Å². The molecule has 2 atom stereocenters. The van der Waals surface area contributed by atoms with Crippen LogP contribution in [0.3, 0.4) is 0 Å². The topological polar surface area (TPSA) is 77.4 Å². The summed E-state index contributed by atoms with van der Waals surface area (Å²) in [5.74, 6) is 0. The summed E-state index contributed by atoms with van der Waals surface area (Å²) in [6, 6.07) is 18.6. The predicted molar refractivity (Wildman–Crippen MR) is 77.5 cm³/mol. The van der Waals surface area contributed by atoms with Crippen LogP contribution >= 0.6 is 0 Å². The SMILES string of the molecule is OOC(Cc1ccccc1)OOC(Cc1ccccc1)OO. The van der Waals surface area contributed by atoms with E-state index in [9.17, 15) is 0 Å². The molecule has 0 aromatic heterocycles. The lowest BCUT2D eigenvalue weighted by Gasteiger charge is -2.17. The highest BCUT2D eigenvalue weighted by molar-refractivity contribution is 5.15. The fourth-order valence-corrected chi connectivity index (χ4v) is 1.91. The van der Waals surface area contributed by atoms with Gasteiger partial charge in [-0.25, -0.2) is 20.3 Å².